The maximum atomic E-state index is 12.1. The van der Waals surface area contributed by atoms with Gasteiger partial charge in [0.1, 0.15) is 0 Å². The number of hydrogen-bond donors (Lipinski definition) is 2. The molecule has 1 amide bonds. The van der Waals surface area contributed by atoms with Crippen LogP contribution >= 0.6 is 15.9 Å². The van der Waals surface area contributed by atoms with E-state index in [0.29, 0.717) is 5.92 Å². The van der Waals surface area contributed by atoms with Gasteiger partial charge in [-0.25, -0.2) is 0 Å². The van der Waals surface area contributed by atoms with E-state index in [1.54, 1.807) is 0 Å². The van der Waals surface area contributed by atoms with Crippen molar-refractivity contribution in [3.05, 3.63) is 28.2 Å². The lowest BCUT2D eigenvalue weighted by Gasteiger charge is -2.14. The molecule has 0 unspecified atom stereocenters. The third-order valence-electron chi connectivity index (χ3n) is 3.29. The Labute approximate surface area is 110 Å². The Hall–Kier alpha value is -0.870. The Balaban J connectivity index is 2.05. The molecule has 2 rings (SSSR count). The number of anilines is 1. The van der Waals surface area contributed by atoms with Gasteiger partial charge < -0.3 is 10.6 Å². The van der Waals surface area contributed by atoms with E-state index in [1.165, 1.54) is 5.56 Å². The zero-order chi connectivity index (χ0) is 12.4. The normalized spacial score (nSPS) is 23.7. The van der Waals surface area contributed by atoms with Gasteiger partial charge >= 0.3 is 0 Å². The standard InChI is InChI=1S/C13H17BrN2O/c1-8-3-4-10(5-12(8)14)16-13(17)11-7-15-6-9(11)2/h3-5,9,11,15H,6-7H2,1-2H3,(H,16,17)/t9-,11-/m1/s1. The second kappa shape index (κ2) is 5.19. The average molecular weight is 297 g/mol. The molecule has 4 heteroatoms. The molecular weight excluding hydrogens is 280 g/mol. The summed E-state index contributed by atoms with van der Waals surface area (Å²) in [5.41, 5.74) is 2.02. The molecular formula is C13H17BrN2O. The van der Waals surface area contributed by atoms with Gasteiger partial charge in [-0.1, -0.05) is 28.9 Å². The zero-order valence-corrected chi connectivity index (χ0v) is 11.7. The fourth-order valence-electron chi connectivity index (χ4n) is 2.07. The molecule has 1 heterocycles. The molecule has 17 heavy (non-hydrogen) atoms. The fourth-order valence-corrected chi connectivity index (χ4v) is 2.45. The van der Waals surface area contributed by atoms with Gasteiger partial charge in [-0.3, -0.25) is 4.79 Å². The van der Waals surface area contributed by atoms with Gasteiger partial charge in [-0.2, -0.15) is 0 Å². The average Bonchev–Trinajstić information content (AvgIpc) is 2.70. The van der Waals surface area contributed by atoms with Crippen molar-refractivity contribution < 1.29 is 4.79 Å². The quantitative estimate of drug-likeness (QED) is 0.881. The first kappa shape index (κ1) is 12.6. The van der Waals surface area contributed by atoms with E-state index in [9.17, 15) is 4.79 Å². The van der Waals surface area contributed by atoms with Crippen LogP contribution < -0.4 is 10.6 Å². The molecule has 0 aliphatic carbocycles. The SMILES string of the molecule is Cc1ccc(NC(=O)[C@@H]2CNC[C@H]2C)cc1Br. The predicted molar refractivity (Wildman–Crippen MR) is 73.0 cm³/mol. The highest BCUT2D eigenvalue weighted by Crippen LogP contribution is 2.22. The Morgan fingerprint density at radius 1 is 1.47 bits per heavy atom. The summed E-state index contributed by atoms with van der Waals surface area (Å²) in [7, 11) is 0. The molecule has 2 atom stereocenters. The van der Waals surface area contributed by atoms with Crippen LogP contribution in [0.3, 0.4) is 0 Å². The predicted octanol–water partition coefficient (Wildman–Crippen LogP) is 2.55. The van der Waals surface area contributed by atoms with Crippen LogP contribution in [0.2, 0.25) is 0 Å². The first-order chi connectivity index (χ1) is 8.08. The van der Waals surface area contributed by atoms with E-state index >= 15 is 0 Å². The Bertz CT molecular complexity index is 433. The largest absolute Gasteiger partial charge is 0.326 e. The van der Waals surface area contributed by atoms with Gasteiger partial charge in [0.25, 0.3) is 0 Å². The van der Waals surface area contributed by atoms with E-state index in [0.717, 1.165) is 23.2 Å². The van der Waals surface area contributed by atoms with Gasteiger partial charge in [0.05, 0.1) is 5.92 Å². The summed E-state index contributed by atoms with van der Waals surface area (Å²) in [5.74, 6) is 0.595. The molecule has 0 bridgehead atoms. The summed E-state index contributed by atoms with van der Waals surface area (Å²) < 4.78 is 1.02. The van der Waals surface area contributed by atoms with Crippen LogP contribution in [0, 0.1) is 18.8 Å². The number of nitrogens with one attached hydrogen (secondary N) is 2. The first-order valence-corrected chi connectivity index (χ1v) is 6.65. The van der Waals surface area contributed by atoms with Crippen LogP contribution in [0.5, 0.6) is 0 Å². The number of benzene rings is 1. The molecule has 1 fully saturated rings. The molecule has 1 saturated heterocycles. The highest BCUT2D eigenvalue weighted by atomic mass is 79.9. The van der Waals surface area contributed by atoms with E-state index < -0.39 is 0 Å². The second-order valence-corrected chi connectivity index (χ2v) is 5.55. The molecule has 2 N–H and O–H groups in total. The number of carbonyl (C=O) groups is 1. The number of halogens is 1. The summed E-state index contributed by atoms with van der Waals surface area (Å²) >= 11 is 3.47. The van der Waals surface area contributed by atoms with Crippen LogP contribution in [-0.2, 0) is 4.79 Å². The number of carbonyl (C=O) groups excluding carboxylic acids is 1. The minimum absolute atomic E-state index is 0.0788. The van der Waals surface area contributed by atoms with Crippen molar-refractivity contribution in [2.24, 2.45) is 11.8 Å². The molecule has 0 spiro atoms. The molecule has 0 aromatic heterocycles. The molecule has 1 aromatic carbocycles. The van der Waals surface area contributed by atoms with E-state index in [-0.39, 0.29) is 11.8 Å². The third kappa shape index (κ3) is 2.87. The minimum atomic E-state index is 0.0788. The molecule has 92 valence electrons. The Kier molecular flexibility index (Phi) is 3.84. The van der Waals surface area contributed by atoms with E-state index in [2.05, 4.69) is 33.5 Å². The van der Waals surface area contributed by atoms with Crippen LogP contribution in [0.1, 0.15) is 12.5 Å². The van der Waals surface area contributed by atoms with Crippen LogP contribution in [0.25, 0.3) is 0 Å². The second-order valence-electron chi connectivity index (χ2n) is 4.70. The van der Waals surface area contributed by atoms with E-state index in [1.807, 2.05) is 25.1 Å². The van der Waals surface area contributed by atoms with Gasteiger partial charge in [0, 0.05) is 16.7 Å². The first-order valence-electron chi connectivity index (χ1n) is 5.85. The molecule has 3 nitrogen and oxygen atoms in total. The van der Waals surface area contributed by atoms with Crippen molar-refractivity contribution in [2.45, 2.75) is 13.8 Å². The van der Waals surface area contributed by atoms with Gasteiger partial charge in [-0.15, -0.1) is 0 Å². The molecule has 1 aromatic rings. The fraction of sp³-hybridized carbons (Fsp3) is 0.462. The molecule has 0 radical (unpaired) electrons. The van der Waals surface area contributed by atoms with Crippen molar-refractivity contribution in [2.75, 3.05) is 18.4 Å². The van der Waals surface area contributed by atoms with E-state index in [4.69, 9.17) is 0 Å². The van der Waals surface area contributed by atoms with Gasteiger partial charge in [-0.05, 0) is 37.1 Å². The summed E-state index contributed by atoms with van der Waals surface area (Å²) in [4.78, 5) is 12.1. The number of amides is 1. The maximum Gasteiger partial charge on any atom is 0.229 e. The molecule has 0 saturated carbocycles. The smallest absolute Gasteiger partial charge is 0.229 e. The van der Waals surface area contributed by atoms with Crippen LogP contribution in [0.4, 0.5) is 5.69 Å². The topological polar surface area (TPSA) is 41.1 Å². The van der Waals surface area contributed by atoms with Crippen molar-refractivity contribution in [3.8, 4) is 0 Å². The zero-order valence-electron chi connectivity index (χ0n) is 10.1. The third-order valence-corrected chi connectivity index (χ3v) is 4.15. The van der Waals surface area contributed by atoms with Crippen molar-refractivity contribution >= 4 is 27.5 Å². The highest BCUT2D eigenvalue weighted by molar-refractivity contribution is 9.10. The van der Waals surface area contributed by atoms with Crippen molar-refractivity contribution in [3.63, 3.8) is 0 Å². The van der Waals surface area contributed by atoms with Crippen molar-refractivity contribution in [1.29, 1.82) is 0 Å². The highest BCUT2D eigenvalue weighted by Gasteiger charge is 2.29. The van der Waals surface area contributed by atoms with Crippen LogP contribution in [0.15, 0.2) is 22.7 Å². The lowest BCUT2D eigenvalue weighted by atomic mass is 9.97. The summed E-state index contributed by atoms with van der Waals surface area (Å²) in [6.07, 6.45) is 0. The molecule has 1 aliphatic heterocycles. The number of rotatable bonds is 2. The number of hydrogen-bond acceptors (Lipinski definition) is 2. The van der Waals surface area contributed by atoms with Gasteiger partial charge in [0.15, 0.2) is 0 Å². The maximum absolute atomic E-state index is 12.1. The van der Waals surface area contributed by atoms with Gasteiger partial charge in [0.2, 0.25) is 5.91 Å². The minimum Gasteiger partial charge on any atom is -0.326 e. The Morgan fingerprint density at radius 2 is 2.24 bits per heavy atom. The van der Waals surface area contributed by atoms with Crippen molar-refractivity contribution in [1.82, 2.24) is 5.32 Å². The Morgan fingerprint density at radius 3 is 2.82 bits per heavy atom. The number of aryl methyl sites for hydroxylation is 1. The lowest BCUT2D eigenvalue weighted by molar-refractivity contribution is -0.120. The monoisotopic (exact) mass is 296 g/mol. The molecule has 1 aliphatic rings. The summed E-state index contributed by atoms with van der Waals surface area (Å²) in [6.45, 7) is 5.84. The van der Waals surface area contributed by atoms with Crippen LogP contribution in [-0.4, -0.2) is 19.0 Å². The summed E-state index contributed by atoms with van der Waals surface area (Å²) in [6, 6.07) is 5.88. The lowest BCUT2D eigenvalue weighted by Crippen LogP contribution is -2.27. The summed E-state index contributed by atoms with van der Waals surface area (Å²) in [5, 5.41) is 6.21.